The highest BCUT2D eigenvalue weighted by Gasteiger charge is 2.27. The molecule has 1 aliphatic carbocycles. The van der Waals surface area contributed by atoms with E-state index in [1.165, 1.54) is 4.09 Å². The largest absolute Gasteiger partial charge is 0.481 e. The lowest BCUT2D eigenvalue weighted by molar-refractivity contribution is -0.139. The van der Waals surface area contributed by atoms with Crippen LogP contribution in [0.25, 0.3) is 0 Å². The molecule has 3 nitrogen and oxygen atoms in total. The van der Waals surface area contributed by atoms with Gasteiger partial charge >= 0.3 is 5.97 Å². The molecule has 0 spiro atoms. The van der Waals surface area contributed by atoms with E-state index >= 15 is 0 Å². The number of fused-ring (bicyclic) bond motifs is 1. The number of aliphatic carboxylic acids is 1. The molecule has 0 saturated heterocycles. The van der Waals surface area contributed by atoms with Crippen molar-refractivity contribution >= 4 is 17.7 Å². The van der Waals surface area contributed by atoms with Crippen LogP contribution in [0.2, 0.25) is 0 Å². The van der Waals surface area contributed by atoms with E-state index in [1.54, 1.807) is 12.3 Å². The highest BCUT2D eigenvalue weighted by Crippen LogP contribution is 2.32. The number of carboxylic acid groups (broad SMARTS) is 1. The molecule has 1 aromatic rings. The van der Waals surface area contributed by atoms with Crippen LogP contribution >= 0.6 is 11.8 Å². The van der Waals surface area contributed by atoms with Gasteiger partial charge in [0.1, 0.15) is 0 Å². The van der Waals surface area contributed by atoms with Crippen LogP contribution in [0.15, 0.2) is 12.3 Å². The Kier molecular flexibility index (Phi) is 2.04. The molecule has 1 heterocycles. The van der Waals surface area contributed by atoms with Crippen LogP contribution in [-0.4, -0.2) is 15.2 Å². The molecule has 13 heavy (non-hydrogen) atoms. The van der Waals surface area contributed by atoms with Gasteiger partial charge < -0.3 is 5.11 Å². The smallest absolute Gasteiger partial charge is 0.311 e. The average molecular weight is 200 g/mol. The molecule has 2 rings (SSSR count). The first-order valence-electron chi connectivity index (χ1n) is 4.29. The van der Waals surface area contributed by atoms with Gasteiger partial charge in [-0.1, -0.05) is 0 Å². The van der Waals surface area contributed by atoms with Gasteiger partial charge in [0, 0.05) is 23.7 Å². The Morgan fingerprint density at radius 1 is 1.69 bits per heavy atom. The Hall–Kier alpha value is -0.960. The zero-order valence-electron chi connectivity index (χ0n) is 7.03. The number of nitrogens with zero attached hydrogens (tertiary/aromatic N) is 1. The normalized spacial score (nSPS) is 21.2. The topological polar surface area (TPSA) is 42.2 Å². The highest BCUT2D eigenvalue weighted by atomic mass is 35.5. The molecule has 4 heteroatoms. The summed E-state index contributed by atoms with van der Waals surface area (Å²) in [6.45, 7) is 0. The minimum absolute atomic E-state index is 0.358. The Balaban J connectivity index is 2.43. The molecule has 0 aliphatic heterocycles. The van der Waals surface area contributed by atoms with Crippen molar-refractivity contribution in [3.8, 4) is 0 Å². The first-order chi connectivity index (χ1) is 6.20. The van der Waals surface area contributed by atoms with Gasteiger partial charge in [-0.05, 0) is 30.9 Å². The van der Waals surface area contributed by atoms with E-state index in [2.05, 4.69) is 0 Å². The minimum Gasteiger partial charge on any atom is -0.481 e. The lowest BCUT2D eigenvalue weighted by Crippen LogP contribution is -2.17. The zero-order valence-corrected chi connectivity index (χ0v) is 7.79. The minimum atomic E-state index is -0.746. The predicted octanol–water partition coefficient (Wildman–Crippen LogP) is 1.99. The van der Waals surface area contributed by atoms with Gasteiger partial charge in [-0.15, -0.1) is 0 Å². The van der Waals surface area contributed by atoms with E-state index in [0.717, 1.165) is 30.5 Å². The number of halogens is 1. The van der Waals surface area contributed by atoms with Crippen LogP contribution in [0.5, 0.6) is 0 Å². The second kappa shape index (κ2) is 3.07. The summed E-state index contributed by atoms with van der Waals surface area (Å²) in [7, 11) is 0. The van der Waals surface area contributed by atoms with E-state index in [4.69, 9.17) is 16.9 Å². The van der Waals surface area contributed by atoms with Crippen LogP contribution in [0.4, 0.5) is 0 Å². The molecule has 0 saturated carbocycles. The van der Waals surface area contributed by atoms with Crippen molar-refractivity contribution in [1.29, 1.82) is 0 Å². The molecule has 1 atom stereocenters. The molecular formula is C9H10ClNO2. The summed E-state index contributed by atoms with van der Waals surface area (Å²) in [5, 5.41) is 8.94. The summed E-state index contributed by atoms with van der Waals surface area (Å²) in [5.41, 5.74) is 1.84. The maximum absolute atomic E-state index is 10.9. The molecule has 0 amide bonds. The Labute approximate surface area is 81.0 Å². The molecule has 0 bridgehead atoms. The molecule has 70 valence electrons. The van der Waals surface area contributed by atoms with Gasteiger partial charge in [-0.2, -0.15) is 0 Å². The van der Waals surface area contributed by atoms with Crippen LogP contribution in [0.3, 0.4) is 0 Å². The lowest BCUT2D eigenvalue weighted by atomic mass is 9.87. The van der Waals surface area contributed by atoms with Gasteiger partial charge in [0.25, 0.3) is 0 Å². The Morgan fingerprint density at radius 3 is 3.15 bits per heavy atom. The Bertz CT molecular complexity index is 345. The van der Waals surface area contributed by atoms with Crippen LogP contribution in [-0.2, 0) is 11.2 Å². The summed E-state index contributed by atoms with van der Waals surface area (Å²) in [5.74, 6) is -1.10. The highest BCUT2D eigenvalue weighted by molar-refractivity contribution is 6.15. The van der Waals surface area contributed by atoms with Crippen molar-refractivity contribution in [2.45, 2.75) is 25.2 Å². The maximum atomic E-state index is 10.9. The van der Waals surface area contributed by atoms with Crippen LogP contribution in [0.1, 0.15) is 30.0 Å². The Morgan fingerprint density at radius 2 is 2.46 bits per heavy atom. The molecule has 0 fully saturated rings. The van der Waals surface area contributed by atoms with Gasteiger partial charge in [0.05, 0.1) is 5.92 Å². The number of aromatic nitrogens is 1. The van der Waals surface area contributed by atoms with Crippen molar-refractivity contribution < 1.29 is 9.90 Å². The molecule has 1 aliphatic rings. The summed E-state index contributed by atoms with van der Waals surface area (Å²) < 4.78 is 1.50. The third-order valence-corrected chi connectivity index (χ3v) is 2.87. The average Bonchev–Trinajstić information content (AvgIpc) is 2.48. The fourth-order valence-corrected chi connectivity index (χ4v) is 2.15. The molecule has 1 aromatic heterocycles. The van der Waals surface area contributed by atoms with Crippen molar-refractivity contribution in [2.24, 2.45) is 0 Å². The lowest BCUT2D eigenvalue weighted by Gasteiger charge is -2.19. The third-order valence-electron chi connectivity index (χ3n) is 2.56. The first-order valence-corrected chi connectivity index (χ1v) is 4.63. The monoisotopic (exact) mass is 199 g/mol. The van der Waals surface area contributed by atoms with E-state index < -0.39 is 5.97 Å². The van der Waals surface area contributed by atoms with Crippen molar-refractivity contribution in [3.63, 3.8) is 0 Å². The maximum Gasteiger partial charge on any atom is 0.311 e. The van der Waals surface area contributed by atoms with Crippen LogP contribution in [0, 0.1) is 0 Å². The molecule has 0 radical (unpaired) electrons. The fourth-order valence-electron chi connectivity index (χ4n) is 1.91. The SMILES string of the molecule is O=C(O)C1CCCc2c1ccn2Cl. The van der Waals surface area contributed by atoms with Crippen molar-refractivity contribution in [3.05, 3.63) is 23.5 Å². The number of carboxylic acids is 1. The van der Waals surface area contributed by atoms with E-state index in [9.17, 15) is 4.79 Å². The summed E-state index contributed by atoms with van der Waals surface area (Å²) in [4.78, 5) is 10.9. The van der Waals surface area contributed by atoms with Gasteiger partial charge in [0.15, 0.2) is 0 Å². The number of carbonyl (C=O) groups is 1. The molecular weight excluding hydrogens is 190 g/mol. The van der Waals surface area contributed by atoms with Gasteiger partial charge in [-0.3, -0.25) is 8.88 Å². The summed E-state index contributed by atoms with van der Waals surface area (Å²) >= 11 is 5.85. The predicted molar refractivity (Wildman–Crippen MR) is 49.0 cm³/mol. The van der Waals surface area contributed by atoms with Crippen LogP contribution < -0.4 is 0 Å². The fraction of sp³-hybridized carbons (Fsp3) is 0.444. The third kappa shape index (κ3) is 1.33. The molecule has 1 N–H and O–H groups in total. The standard InChI is InChI=1S/C9H10ClNO2/c10-11-5-4-6-7(9(12)13)2-1-3-8(6)11/h4-5,7H,1-3H2,(H,12,13). The summed E-state index contributed by atoms with van der Waals surface area (Å²) in [6, 6.07) is 1.81. The van der Waals surface area contributed by atoms with Gasteiger partial charge in [-0.25, -0.2) is 0 Å². The zero-order chi connectivity index (χ0) is 9.42. The second-order valence-electron chi connectivity index (χ2n) is 3.31. The number of hydrogen-bond donors (Lipinski definition) is 1. The first kappa shape index (κ1) is 8.63. The van der Waals surface area contributed by atoms with Crippen molar-refractivity contribution in [1.82, 2.24) is 4.09 Å². The number of hydrogen-bond acceptors (Lipinski definition) is 1. The van der Waals surface area contributed by atoms with Crippen molar-refractivity contribution in [2.75, 3.05) is 0 Å². The summed E-state index contributed by atoms with van der Waals surface area (Å²) in [6.07, 6.45) is 4.23. The van der Waals surface area contributed by atoms with E-state index in [1.807, 2.05) is 0 Å². The second-order valence-corrected chi connectivity index (χ2v) is 3.68. The number of rotatable bonds is 1. The molecule has 1 unspecified atom stereocenters. The van der Waals surface area contributed by atoms with E-state index in [-0.39, 0.29) is 5.92 Å². The molecule has 0 aromatic carbocycles. The van der Waals surface area contributed by atoms with Gasteiger partial charge in [0.2, 0.25) is 0 Å². The quantitative estimate of drug-likeness (QED) is 0.752. The van der Waals surface area contributed by atoms with E-state index in [0.29, 0.717) is 0 Å².